The van der Waals surface area contributed by atoms with Crippen molar-refractivity contribution in [2.24, 2.45) is 0 Å². The number of pyridine rings is 1. The fourth-order valence-corrected chi connectivity index (χ4v) is 7.35. The minimum absolute atomic E-state index is 0.643. The first-order valence-electron chi connectivity index (χ1n) is 13.7. The molecule has 3 heterocycles. The van der Waals surface area contributed by atoms with Gasteiger partial charge in [0.15, 0.2) is 5.82 Å². The SMILES string of the molecule is c1ccc(-c2nc(-c3nc4c(ccc5c6ccccc6sc54)c4ccccc34)nc3c2ccc2ccccc23)cc1. The van der Waals surface area contributed by atoms with Crippen LogP contribution in [0.4, 0.5) is 0 Å². The summed E-state index contributed by atoms with van der Waals surface area (Å²) >= 11 is 1.80. The van der Waals surface area contributed by atoms with Crippen molar-refractivity contribution in [2.45, 2.75) is 0 Å². The standard InChI is InChI=1S/C37H21N3S/c1-2-11-23(12-3-1)32-30-19-18-22-10-4-5-13-24(22)33(30)40-37(39-32)35-27-16-7-6-14-25(27)28-20-21-29-26-15-8-9-17-31(26)41-36(29)34(28)38-35/h1-21H. The molecule has 0 N–H and O–H groups in total. The molecular weight excluding hydrogens is 518 g/mol. The summed E-state index contributed by atoms with van der Waals surface area (Å²) in [6, 6.07) is 44.7. The van der Waals surface area contributed by atoms with E-state index in [1.165, 1.54) is 20.2 Å². The lowest BCUT2D eigenvalue weighted by Gasteiger charge is -2.13. The predicted octanol–water partition coefficient (Wildman–Crippen LogP) is 10.2. The van der Waals surface area contributed by atoms with Crippen LogP contribution in [-0.2, 0) is 0 Å². The molecular formula is C37H21N3S. The van der Waals surface area contributed by atoms with Gasteiger partial charge in [0.2, 0.25) is 0 Å². The number of benzene rings is 6. The molecule has 9 rings (SSSR count). The second-order valence-electron chi connectivity index (χ2n) is 10.4. The molecule has 0 unspecified atom stereocenters. The minimum atomic E-state index is 0.643. The summed E-state index contributed by atoms with van der Waals surface area (Å²) in [6.45, 7) is 0. The third-order valence-electron chi connectivity index (χ3n) is 8.07. The van der Waals surface area contributed by atoms with Gasteiger partial charge in [-0.2, -0.15) is 0 Å². The van der Waals surface area contributed by atoms with E-state index in [1.807, 2.05) is 6.07 Å². The first-order chi connectivity index (χ1) is 20.3. The fourth-order valence-electron chi connectivity index (χ4n) is 6.16. The number of thiophene rings is 1. The van der Waals surface area contributed by atoms with Crippen molar-refractivity contribution in [2.75, 3.05) is 0 Å². The van der Waals surface area contributed by atoms with Crippen molar-refractivity contribution >= 4 is 74.9 Å². The highest BCUT2D eigenvalue weighted by Crippen LogP contribution is 2.42. The zero-order valence-corrected chi connectivity index (χ0v) is 22.7. The highest BCUT2D eigenvalue weighted by atomic mass is 32.1. The minimum Gasteiger partial charge on any atom is -0.242 e. The summed E-state index contributed by atoms with van der Waals surface area (Å²) in [4.78, 5) is 15.9. The summed E-state index contributed by atoms with van der Waals surface area (Å²) in [5.41, 5.74) is 4.74. The zero-order valence-electron chi connectivity index (χ0n) is 21.9. The normalized spacial score (nSPS) is 11.9. The molecule has 0 amide bonds. The van der Waals surface area contributed by atoms with Crippen molar-refractivity contribution in [3.63, 3.8) is 0 Å². The predicted molar refractivity (Wildman–Crippen MR) is 174 cm³/mol. The lowest BCUT2D eigenvalue weighted by Crippen LogP contribution is -1.99. The third kappa shape index (κ3) is 3.35. The molecule has 0 spiro atoms. The van der Waals surface area contributed by atoms with Gasteiger partial charge in [0, 0.05) is 42.6 Å². The van der Waals surface area contributed by atoms with E-state index in [-0.39, 0.29) is 0 Å². The third-order valence-corrected chi connectivity index (χ3v) is 9.26. The molecule has 0 fully saturated rings. The van der Waals surface area contributed by atoms with Gasteiger partial charge in [0.05, 0.1) is 21.4 Å². The largest absolute Gasteiger partial charge is 0.242 e. The van der Waals surface area contributed by atoms with Crippen LogP contribution in [0.5, 0.6) is 0 Å². The van der Waals surface area contributed by atoms with Crippen molar-refractivity contribution < 1.29 is 0 Å². The van der Waals surface area contributed by atoms with Gasteiger partial charge in [-0.1, -0.05) is 115 Å². The molecule has 0 aliphatic carbocycles. The number of fused-ring (bicyclic) bond motifs is 10. The van der Waals surface area contributed by atoms with Gasteiger partial charge in [0.1, 0.15) is 5.69 Å². The van der Waals surface area contributed by atoms with E-state index in [1.54, 1.807) is 11.3 Å². The molecule has 6 aromatic carbocycles. The van der Waals surface area contributed by atoms with Crippen LogP contribution in [0.3, 0.4) is 0 Å². The Morgan fingerprint density at radius 3 is 1.95 bits per heavy atom. The highest BCUT2D eigenvalue weighted by Gasteiger charge is 2.19. The number of hydrogen-bond acceptors (Lipinski definition) is 4. The summed E-state index contributed by atoms with van der Waals surface area (Å²) in [7, 11) is 0. The second-order valence-corrected chi connectivity index (χ2v) is 11.4. The van der Waals surface area contributed by atoms with Crippen LogP contribution in [0, 0.1) is 0 Å². The fraction of sp³-hybridized carbons (Fsp3) is 0. The van der Waals surface area contributed by atoms with E-state index in [0.29, 0.717) is 5.82 Å². The smallest absolute Gasteiger partial charge is 0.180 e. The van der Waals surface area contributed by atoms with E-state index in [4.69, 9.17) is 15.0 Å². The Labute approximate surface area is 239 Å². The molecule has 0 bridgehead atoms. The molecule has 0 aliphatic rings. The topological polar surface area (TPSA) is 38.7 Å². The molecule has 3 nitrogen and oxygen atoms in total. The van der Waals surface area contributed by atoms with E-state index >= 15 is 0 Å². The average Bonchev–Trinajstić information content (AvgIpc) is 3.43. The van der Waals surface area contributed by atoms with Gasteiger partial charge in [-0.3, -0.25) is 0 Å². The van der Waals surface area contributed by atoms with Gasteiger partial charge in [-0.15, -0.1) is 11.3 Å². The summed E-state index contributed by atoms with van der Waals surface area (Å²) in [5.74, 6) is 0.643. The molecule has 190 valence electrons. The Morgan fingerprint density at radius 1 is 0.390 bits per heavy atom. The van der Waals surface area contributed by atoms with Gasteiger partial charge in [-0.25, -0.2) is 15.0 Å². The van der Waals surface area contributed by atoms with E-state index in [0.717, 1.165) is 60.3 Å². The Kier molecular flexibility index (Phi) is 4.77. The highest BCUT2D eigenvalue weighted by molar-refractivity contribution is 7.26. The maximum Gasteiger partial charge on any atom is 0.180 e. The lowest BCUT2D eigenvalue weighted by atomic mass is 10.00. The van der Waals surface area contributed by atoms with Crippen LogP contribution >= 0.6 is 11.3 Å². The Morgan fingerprint density at radius 2 is 1.07 bits per heavy atom. The number of nitrogens with zero attached hydrogens (tertiary/aromatic N) is 3. The average molecular weight is 540 g/mol. The van der Waals surface area contributed by atoms with Crippen LogP contribution in [-0.4, -0.2) is 15.0 Å². The molecule has 4 heteroatoms. The maximum absolute atomic E-state index is 5.40. The van der Waals surface area contributed by atoms with Gasteiger partial charge in [-0.05, 0) is 22.9 Å². The monoisotopic (exact) mass is 539 g/mol. The Balaban J connectivity index is 1.45. The van der Waals surface area contributed by atoms with Gasteiger partial charge < -0.3 is 0 Å². The molecule has 0 aliphatic heterocycles. The second kappa shape index (κ2) is 8.65. The van der Waals surface area contributed by atoms with Crippen LogP contribution in [0.1, 0.15) is 0 Å². The van der Waals surface area contributed by atoms with Crippen LogP contribution in [0.25, 0.3) is 86.3 Å². The first-order valence-corrected chi connectivity index (χ1v) is 14.5. The number of hydrogen-bond donors (Lipinski definition) is 0. The molecule has 0 saturated heterocycles. The van der Waals surface area contributed by atoms with Crippen LogP contribution < -0.4 is 0 Å². The quantitative estimate of drug-likeness (QED) is 0.205. The van der Waals surface area contributed by atoms with Crippen molar-refractivity contribution in [3.8, 4) is 22.8 Å². The molecule has 3 aromatic heterocycles. The molecule has 9 aromatic rings. The molecule has 0 saturated carbocycles. The van der Waals surface area contributed by atoms with Gasteiger partial charge in [0.25, 0.3) is 0 Å². The number of aromatic nitrogens is 3. The summed E-state index contributed by atoms with van der Waals surface area (Å²) in [6.07, 6.45) is 0. The molecule has 41 heavy (non-hydrogen) atoms. The van der Waals surface area contributed by atoms with Gasteiger partial charge >= 0.3 is 0 Å². The first kappa shape index (κ1) is 22.6. The van der Waals surface area contributed by atoms with E-state index in [2.05, 4.69) is 121 Å². The van der Waals surface area contributed by atoms with Crippen LogP contribution in [0.15, 0.2) is 127 Å². The number of rotatable bonds is 2. The summed E-state index contributed by atoms with van der Waals surface area (Å²) < 4.78 is 2.47. The molecule has 0 radical (unpaired) electrons. The Bertz CT molecular complexity index is 2480. The van der Waals surface area contributed by atoms with Crippen molar-refractivity contribution in [1.82, 2.24) is 15.0 Å². The van der Waals surface area contributed by atoms with Crippen LogP contribution in [0.2, 0.25) is 0 Å². The lowest BCUT2D eigenvalue weighted by molar-refractivity contribution is 1.21. The summed E-state index contributed by atoms with van der Waals surface area (Å²) in [5, 5.41) is 9.19. The molecule has 0 atom stereocenters. The van der Waals surface area contributed by atoms with E-state index < -0.39 is 0 Å². The Hall–Kier alpha value is -5.19. The van der Waals surface area contributed by atoms with Crippen molar-refractivity contribution in [1.29, 1.82) is 0 Å². The van der Waals surface area contributed by atoms with E-state index in [9.17, 15) is 0 Å². The maximum atomic E-state index is 5.40. The van der Waals surface area contributed by atoms with Crippen molar-refractivity contribution in [3.05, 3.63) is 127 Å². The zero-order chi connectivity index (χ0) is 26.9.